The van der Waals surface area contributed by atoms with E-state index in [1.165, 1.54) is 0 Å². The third kappa shape index (κ3) is 1.76. The van der Waals surface area contributed by atoms with Crippen LogP contribution in [0.5, 0.6) is 0 Å². The fourth-order valence-electron chi connectivity index (χ4n) is 2.06. The van der Waals surface area contributed by atoms with E-state index in [1.54, 1.807) is 21.7 Å². The minimum absolute atomic E-state index is 0.0634. The predicted molar refractivity (Wildman–Crippen MR) is 72.3 cm³/mol. The summed E-state index contributed by atoms with van der Waals surface area (Å²) in [5.74, 6) is 0.0852. The summed E-state index contributed by atoms with van der Waals surface area (Å²) in [4.78, 5) is 17.8. The summed E-state index contributed by atoms with van der Waals surface area (Å²) in [6, 6.07) is 3.79. The first-order valence-electron chi connectivity index (χ1n) is 5.24. The highest BCUT2D eigenvalue weighted by molar-refractivity contribution is 9.10. The maximum atomic E-state index is 11.8. The number of fused-ring (bicyclic) bond motifs is 1. The van der Waals surface area contributed by atoms with Gasteiger partial charge in [-0.3, -0.25) is 4.79 Å². The zero-order valence-electron chi connectivity index (χ0n) is 8.89. The number of nitrogens with zero attached hydrogens (tertiary/aromatic N) is 2. The summed E-state index contributed by atoms with van der Waals surface area (Å²) in [5, 5.41) is 0. The lowest BCUT2D eigenvalue weighted by molar-refractivity contribution is -0.117. The van der Waals surface area contributed by atoms with E-state index in [-0.39, 0.29) is 11.9 Å². The lowest BCUT2D eigenvalue weighted by atomic mass is 10.2. The van der Waals surface area contributed by atoms with Gasteiger partial charge in [-0.25, -0.2) is 4.98 Å². The summed E-state index contributed by atoms with van der Waals surface area (Å²) in [6.45, 7) is 0.585. The lowest BCUT2D eigenvalue weighted by Crippen LogP contribution is -2.28. The van der Waals surface area contributed by atoms with Gasteiger partial charge in [-0.05, 0) is 28.1 Å². The largest absolute Gasteiger partial charge is 0.326 e. The van der Waals surface area contributed by atoms with Gasteiger partial charge in [0.25, 0.3) is 0 Å². The minimum Gasteiger partial charge on any atom is -0.326 e. The number of carbonyl (C=O) groups is 1. The first-order valence-corrected chi connectivity index (χ1v) is 6.91. The number of aromatic nitrogens is 1. The second-order valence-corrected chi connectivity index (χ2v) is 5.72. The molecule has 0 spiro atoms. The molecule has 6 heteroatoms. The Balaban J connectivity index is 2.11. The molecule has 88 valence electrons. The van der Waals surface area contributed by atoms with Crippen molar-refractivity contribution in [2.24, 2.45) is 5.73 Å². The molecular formula is C11H10BrN3OS. The number of benzene rings is 1. The van der Waals surface area contributed by atoms with Gasteiger partial charge in [-0.1, -0.05) is 0 Å². The van der Waals surface area contributed by atoms with Gasteiger partial charge in [-0.2, -0.15) is 0 Å². The highest BCUT2D eigenvalue weighted by Crippen LogP contribution is 2.37. The third-order valence-corrected chi connectivity index (χ3v) is 4.79. The van der Waals surface area contributed by atoms with Crippen molar-refractivity contribution in [1.82, 2.24) is 4.98 Å². The van der Waals surface area contributed by atoms with Crippen molar-refractivity contribution in [3.05, 3.63) is 22.1 Å². The second-order valence-electron chi connectivity index (χ2n) is 4.07. The van der Waals surface area contributed by atoms with Crippen LogP contribution in [0.25, 0.3) is 10.2 Å². The summed E-state index contributed by atoms with van der Waals surface area (Å²) < 4.78 is 2.00. The number of carbonyl (C=O) groups excluding carboxylic acids is 1. The van der Waals surface area contributed by atoms with Crippen LogP contribution in [0.1, 0.15) is 6.42 Å². The number of rotatable bonds is 1. The number of anilines is 1. The average molecular weight is 312 g/mol. The normalized spacial score (nSPS) is 20.5. The molecule has 1 amide bonds. The van der Waals surface area contributed by atoms with Crippen molar-refractivity contribution >= 4 is 49.1 Å². The van der Waals surface area contributed by atoms with E-state index in [1.807, 2.05) is 12.1 Å². The third-order valence-electron chi connectivity index (χ3n) is 2.86. The molecule has 4 nitrogen and oxygen atoms in total. The van der Waals surface area contributed by atoms with Crippen molar-refractivity contribution < 1.29 is 4.79 Å². The molecule has 1 atom stereocenters. The van der Waals surface area contributed by atoms with E-state index in [0.29, 0.717) is 13.0 Å². The molecular weight excluding hydrogens is 302 g/mol. The molecule has 1 aromatic carbocycles. The molecule has 0 saturated carbocycles. The van der Waals surface area contributed by atoms with Crippen molar-refractivity contribution in [2.75, 3.05) is 11.4 Å². The van der Waals surface area contributed by atoms with Crippen LogP contribution in [0.15, 0.2) is 22.1 Å². The maximum Gasteiger partial charge on any atom is 0.228 e. The number of thiazole rings is 1. The van der Waals surface area contributed by atoms with E-state index in [2.05, 4.69) is 20.9 Å². The first-order chi connectivity index (χ1) is 8.16. The number of amides is 1. The van der Waals surface area contributed by atoms with Crippen molar-refractivity contribution in [3.8, 4) is 0 Å². The van der Waals surface area contributed by atoms with Gasteiger partial charge in [0.2, 0.25) is 5.91 Å². The van der Waals surface area contributed by atoms with Gasteiger partial charge in [0.15, 0.2) is 0 Å². The van der Waals surface area contributed by atoms with Crippen LogP contribution in [-0.2, 0) is 4.79 Å². The molecule has 2 N–H and O–H groups in total. The summed E-state index contributed by atoms with van der Waals surface area (Å²) >= 11 is 5.12. The van der Waals surface area contributed by atoms with E-state index < -0.39 is 0 Å². The van der Waals surface area contributed by atoms with Crippen molar-refractivity contribution in [1.29, 1.82) is 0 Å². The molecule has 1 aromatic heterocycles. The van der Waals surface area contributed by atoms with E-state index in [0.717, 1.165) is 20.4 Å². The first kappa shape index (κ1) is 11.1. The Bertz CT molecular complexity index is 597. The summed E-state index contributed by atoms with van der Waals surface area (Å²) in [7, 11) is 0. The van der Waals surface area contributed by atoms with Crippen molar-refractivity contribution in [3.63, 3.8) is 0 Å². The summed E-state index contributed by atoms with van der Waals surface area (Å²) in [5.41, 5.74) is 9.44. The number of hydrogen-bond acceptors (Lipinski definition) is 4. The monoisotopic (exact) mass is 311 g/mol. The highest BCUT2D eigenvalue weighted by Gasteiger charge is 2.29. The highest BCUT2D eigenvalue weighted by atomic mass is 79.9. The Morgan fingerprint density at radius 3 is 3.06 bits per heavy atom. The van der Waals surface area contributed by atoms with Crippen LogP contribution >= 0.6 is 27.3 Å². The topological polar surface area (TPSA) is 59.2 Å². The Hall–Kier alpha value is -0.980. The Morgan fingerprint density at radius 1 is 1.53 bits per heavy atom. The lowest BCUT2D eigenvalue weighted by Gasteiger charge is -2.17. The van der Waals surface area contributed by atoms with Crippen LogP contribution in [0.3, 0.4) is 0 Å². The van der Waals surface area contributed by atoms with Crippen LogP contribution < -0.4 is 10.6 Å². The van der Waals surface area contributed by atoms with Gasteiger partial charge in [0.1, 0.15) is 0 Å². The Kier molecular flexibility index (Phi) is 2.65. The zero-order valence-corrected chi connectivity index (χ0v) is 11.3. The second kappa shape index (κ2) is 4.04. The minimum atomic E-state index is -0.0634. The molecule has 17 heavy (non-hydrogen) atoms. The maximum absolute atomic E-state index is 11.8. The van der Waals surface area contributed by atoms with Gasteiger partial charge in [0, 0.05) is 19.0 Å². The van der Waals surface area contributed by atoms with E-state index >= 15 is 0 Å². The average Bonchev–Trinajstić information content (AvgIpc) is 2.86. The van der Waals surface area contributed by atoms with Crippen LogP contribution in [-0.4, -0.2) is 23.5 Å². The smallest absolute Gasteiger partial charge is 0.228 e. The van der Waals surface area contributed by atoms with Gasteiger partial charge < -0.3 is 10.6 Å². The van der Waals surface area contributed by atoms with E-state index in [9.17, 15) is 4.79 Å². The fourth-order valence-corrected chi connectivity index (χ4v) is 3.61. The van der Waals surface area contributed by atoms with Gasteiger partial charge in [0.05, 0.1) is 25.9 Å². The van der Waals surface area contributed by atoms with Gasteiger partial charge >= 0.3 is 0 Å². The zero-order chi connectivity index (χ0) is 12.0. The van der Waals surface area contributed by atoms with E-state index in [4.69, 9.17) is 5.73 Å². The predicted octanol–water partition coefficient (Wildman–Crippen LogP) is 2.12. The molecule has 1 aliphatic rings. The Morgan fingerprint density at radius 2 is 2.35 bits per heavy atom. The SMILES string of the molecule is NC1CC(=O)N(c2ccc3ncsc3c2Br)C1. The van der Waals surface area contributed by atoms with Crippen LogP contribution in [0.2, 0.25) is 0 Å². The molecule has 1 fully saturated rings. The van der Waals surface area contributed by atoms with Gasteiger partial charge in [-0.15, -0.1) is 11.3 Å². The Labute approximate surface area is 111 Å². The fraction of sp³-hybridized carbons (Fsp3) is 0.273. The molecule has 2 aromatic rings. The number of halogens is 1. The molecule has 2 heterocycles. The quantitative estimate of drug-likeness (QED) is 0.877. The molecule has 0 bridgehead atoms. The molecule has 0 radical (unpaired) electrons. The molecule has 0 aliphatic carbocycles. The molecule has 1 saturated heterocycles. The molecule has 3 rings (SSSR count). The summed E-state index contributed by atoms with van der Waals surface area (Å²) in [6.07, 6.45) is 0.424. The van der Waals surface area contributed by atoms with Crippen LogP contribution in [0, 0.1) is 0 Å². The van der Waals surface area contributed by atoms with Crippen LogP contribution in [0.4, 0.5) is 5.69 Å². The number of nitrogens with two attached hydrogens (primary N) is 1. The number of hydrogen-bond donors (Lipinski definition) is 1. The van der Waals surface area contributed by atoms with Crippen molar-refractivity contribution in [2.45, 2.75) is 12.5 Å². The molecule has 1 aliphatic heterocycles. The molecule has 1 unspecified atom stereocenters. The standard InChI is InChI=1S/C11H10BrN3OS/c12-10-8(15-4-6(13)3-9(15)16)2-1-7-11(10)17-5-14-7/h1-2,5-6H,3-4,13H2.